The lowest BCUT2D eigenvalue weighted by molar-refractivity contribution is -0.180. The fourth-order valence-corrected chi connectivity index (χ4v) is 7.35. The Morgan fingerprint density at radius 3 is 1.89 bits per heavy atom. The average Bonchev–Trinajstić information content (AvgIpc) is 3.68. The fraction of sp³-hybridized carbons (Fsp3) is 0.227. The molecule has 1 saturated heterocycles. The van der Waals surface area contributed by atoms with Crippen LogP contribution < -0.4 is 15.0 Å². The molecule has 4 atom stereocenters. The van der Waals surface area contributed by atoms with E-state index in [9.17, 15) is 4.79 Å². The number of benzene rings is 5. The molecule has 0 aliphatic carbocycles. The highest BCUT2D eigenvalue weighted by Gasteiger charge is 2.64. The van der Waals surface area contributed by atoms with Crippen LogP contribution in [0, 0.1) is 0 Å². The first-order chi connectivity index (χ1) is 26.1. The van der Waals surface area contributed by atoms with Gasteiger partial charge in [-0.1, -0.05) is 133 Å². The molecule has 0 N–H and O–H groups in total. The van der Waals surface area contributed by atoms with Crippen molar-refractivity contribution in [3.8, 4) is 11.8 Å². The molecule has 0 spiro atoms. The normalized spacial score (nSPS) is 20.4. The zero-order valence-corrected chi connectivity index (χ0v) is 29.3. The molecule has 3 heterocycles. The van der Waals surface area contributed by atoms with Crippen LogP contribution in [-0.4, -0.2) is 48.2 Å². The minimum absolute atomic E-state index is 0.00851. The first-order valence-corrected chi connectivity index (χ1v) is 17.7. The van der Waals surface area contributed by atoms with Gasteiger partial charge in [-0.05, 0) is 39.9 Å². The van der Waals surface area contributed by atoms with Gasteiger partial charge < -0.3 is 28.4 Å². The molecule has 9 nitrogen and oxygen atoms in total. The molecule has 2 aliphatic rings. The van der Waals surface area contributed by atoms with E-state index in [1.165, 1.54) is 6.07 Å². The smallest absolute Gasteiger partial charge is 0.302 e. The number of methoxy groups -OCH3 is 1. The molecule has 8 rings (SSSR count). The molecule has 268 valence electrons. The fourth-order valence-electron chi connectivity index (χ4n) is 7.35. The highest BCUT2D eigenvalue weighted by molar-refractivity contribution is 5.48. The lowest BCUT2D eigenvalue weighted by Crippen LogP contribution is -2.49. The summed E-state index contributed by atoms with van der Waals surface area (Å²) >= 11 is 0. The summed E-state index contributed by atoms with van der Waals surface area (Å²) in [6, 6.07) is 49.6. The van der Waals surface area contributed by atoms with Crippen LogP contribution in [0.1, 0.15) is 27.8 Å². The molecule has 0 radical (unpaired) electrons. The SMILES string of the molecule is COc1ccc(C(OC[C@@]23O[C@H](COCc4ccccc4)[C@@H](OCc4ccccc4)[C@@H]2Oc2nc(=O)ccn23)(c2ccccc2)c2ccccc2)cc1. The number of hydrogen-bond acceptors (Lipinski definition) is 8. The molecule has 53 heavy (non-hydrogen) atoms. The van der Waals surface area contributed by atoms with E-state index in [2.05, 4.69) is 29.2 Å². The Labute approximate surface area is 308 Å². The molecule has 9 heteroatoms. The zero-order valence-electron chi connectivity index (χ0n) is 29.3. The van der Waals surface area contributed by atoms with Gasteiger partial charge in [-0.15, -0.1) is 0 Å². The number of aromatic nitrogens is 2. The second kappa shape index (κ2) is 15.2. The third-order valence-corrected chi connectivity index (χ3v) is 9.91. The quantitative estimate of drug-likeness (QED) is 0.113. The molecule has 2 aliphatic heterocycles. The van der Waals surface area contributed by atoms with Crippen LogP contribution in [0.25, 0.3) is 0 Å². The largest absolute Gasteiger partial charge is 0.497 e. The third-order valence-electron chi connectivity index (χ3n) is 9.91. The van der Waals surface area contributed by atoms with Gasteiger partial charge in [-0.25, -0.2) is 0 Å². The van der Waals surface area contributed by atoms with Crippen molar-refractivity contribution in [1.82, 2.24) is 9.55 Å². The van der Waals surface area contributed by atoms with Gasteiger partial charge in [0.05, 0.1) is 26.9 Å². The summed E-state index contributed by atoms with van der Waals surface area (Å²) in [7, 11) is 1.65. The van der Waals surface area contributed by atoms with Gasteiger partial charge in [0.1, 0.15) is 30.2 Å². The number of ether oxygens (including phenoxy) is 6. The maximum atomic E-state index is 12.6. The van der Waals surface area contributed by atoms with Gasteiger partial charge in [0.15, 0.2) is 6.10 Å². The standard InChI is InChI=1S/C44H40N2O7/c1-48-37-24-22-36(23-25-37)44(34-18-10-4-11-19-34,35-20-12-5-13-21-35)51-31-43-41(52-42-45-39(47)26-27-46(42)43)40(50-29-33-16-8-3-9-17-33)38(53-43)30-49-28-32-14-6-2-7-15-32/h2-27,38,40-41H,28-31H2,1H3/t38-,40-,41+,43-/m1/s1. The molecule has 0 amide bonds. The summed E-state index contributed by atoms with van der Waals surface area (Å²) in [6.07, 6.45) is -0.260. The summed E-state index contributed by atoms with van der Waals surface area (Å²) in [4.78, 5) is 16.8. The van der Waals surface area contributed by atoms with E-state index in [4.69, 9.17) is 28.4 Å². The molecule has 0 unspecified atom stereocenters. The van der Waals surface area contributed by atoms with E-state index < -0.39 is 35.2 Å². The van der Waals surface area contributed by atoms with Gasteiger partial charge in [-0.2, -0.15) is 4.98 Å². The van der Waals surface area contributed by atoms with Gasteiger partial charge >= 0.3 is 6.01 Å². The summed E-state index contributed by atoms with van der Waals surface area (Å²) in [5.41, 5.74) is 1.95. The van der Waals surface area contributed by atoms with Crippen LogP contribution in [0.4, 0.5) is 0 Å². The number of hydrogen-bond donors (Lipinski definition) is 0. The Hall–Kier alpha value is -5.58. The van der Waals surface area contributed by atoms with Crippen molar-refractivity contribution in [3.63, 3.8) is 0 Å². The predicted molar refractivity (Wildman–Crippen MR) is 199 cm³/mol. The van der Waals surface area contributed by atoms with E-state index in [0.717, 1.165) is 33.6 Å². The van der Waals surface area contributed by atoms with E-state index in [-0.39, 0.29) is 19.2 Å². The number of fused-ring (bicyclic) bond motifs is 3. The van der Waals surface area contributed by atoms with Gasteiger partial charge in [0.2, 0.25) is 5.72 Å². The van der Waals surface area contributed by atoms with E-state index in [0.29, 0.717) is 13.2 Å². The molecule has 1 aromatic heterocycles. The summed E-state index contributed by atoms with van der Waals surface area (Å²) in [5, 5.41) is 0. The van der Waals surface area contributed by atoms with Crippen molar-refractivity contribution in [3.05, 3.63) is 196 Å². The maximum absolute atomic E-state index is 12.6. The van der Waals surface area contributed by atoms with E-state index in [1.54, 1.807) is 17.9 Å². The highest BCUT2D eigenvalue weighted by atomic mass is 16.7. The Morgan fingerprint density at radius 2 is 1.28 bits per heavy atom. The lowest BCUT2D eigenvalue weighted by atomic mass is 9.80. The molecule has 6 aromatic rings. The van der Waals surface area contributed by atoms with Gasteiger partial charge in [-0.3, -0.25) is 9.36 Å². The van der Waals surface area contributed by atoms with Crippen molar-refractivity contribution in [2.24, 2.45) is 0 Å². The molecule has 0 bridgehead atoms. The number of nitrogens with zero attached hydrogens (tertiary/aromatic N) is 2. The van der Waals surface area contributed by atoms with Crippen molar-refractivity contribution in [1.29, 1.82) is 0 Å². The van der Waals surface area contributed by atoms with Crippen LogP contribution in [0.2, 0.25) is 0 Å². The average molecular weight is 709 g/mol. The van der Waals surface area contributed by atoms with Crippen LogP contribution in [-0.2, 0) is 43.5 Å². The van der Waals surface area contributed by atoms with Crippen LogP contribution in [0.15, 0.2) is 163 Å². The molecular weight excluding hydrogens is 668 g/mol. The van der Waals surface area contributed by atoms with Crippen molar-refractivity contribution in [2.45, 2.75) is 42.9 Å². The van der Waals surface area contributed by atoms with Gasteiger partial charge in [0, 0.05) is 12.3 Å². The maximum Gasteiger partial charge on any atom is 0.302 e. The van der Waals surface area contributed by atoms with Crippen molar-refractivity contribution < 1.29 is 28.4 Å². The number of rotatable bonds is 14. The molecule has 5 aromatic carbocycles. The minimum atomic E-state index is -1.29. The van der Waals surface area contributed by atoms with E-state index in [1.807, 2.05) is 121 Å². The summed E-state index contributed by atoms with van der Waals surface area (Å²) in [5.74, 6) is 0.728. The Balaban J connectivity index is 1.21. The Morgan fingerprint density at radius 1 is 0.717 bits per heavy atom. The molecular formula is C44H40N2O7. The second-order valence-electron chi connectivity index (χ2n) is 13.2. The van der Waals surface area contributed by atoms with Gasteiger partial charge in [0.25, 0.3) is 5.56 Å². The minimum Gasteiger partial charge on any atom is -0.497 e. The Bertz CT molecular complexity index is 2110. The topological polar surface area (TPSA) is 90.3 Å². The van der Waals surface area contributed by atoms with Crippen LogP contribution in [0.3, 0.4) is 0 Å². The molecule has 0 saturated carbocycles. The lowest BCUT2D eigenvalue weighted by Gasteiger charge is -2.39. The van der Waals surface area contributed by atoms with Crippen LogP contribution >= 0.6 is 0 Å². The zero-order chi connectivity index (χ0) is 36.1. The molecule has 1 fully saturated rings. The second-order valence-corrected chi connectivity index (χ2v) is 13.2. The highest BCUT2D eigenvalue weighted by Crippen LogP contribution is 2.49. The van der Waals surface area contributed by atoms with Crippen LogP contribution in [0.5, 0.6) is 11.8 Å². The predicted octanol–water partition coefficient (Wildman–Crippen LogP) is 6.88. The monoisotopic (exact) mass is 708 g/mol. The first kappa shape index (κ1) is 34.5. The first-order valence-electron chi connectivity index (χ1n) is 17.7. The summed E-state index contributed by atoms with van der Waals surface area (Å²) < 4.78 is 41.4. The Kier molecular flexibility index (Phi) is 9.88. The van der Waals surface area contributed by atoms with Crippen molar-refractivity contribution in [2.75, 3.05) is 20.3 Å². The third kappa shape index (κ3) is 6.76. The summed E-state index contributed by atoms with van der Waals surface area (Å²) in [6.45, 7) is 0.922. The van der Waals surface area contributed by atoms with Crippen molar-refractivity contribution >= 4 is 0 Å². The van der Waals surface area contributed by atoms with E-state index >= 15 is 0 Å².